The van der Waals surface area contributed by atoms with E-state index >= 15 is 0 Å². The number of thioether (sulfide) groups is 1. The second-order valence-electron chi connectivity index (χ2n) is 3.78. The number of rotatable bonds is 9. The summed E-state index contributed by atoms with van der Waals surface area (Å²) in [5.74, 6) is 1.30. The molecule has 1 rings (SSSR count). The summed E-state index contributed by atoms with van der Waals surface area (Å²) in [5, 5.41) is 3.40. The van der Waals surface area contributed by atoms with Crippen molar-refractivity contribution in [2.24, 2.45) is 0 Å². The molecule has 0 aromatic carbocycles. The lowest BCUT2D eigenvalue weighted by Crippen LogP contribution is -2.15. The van der Waals surface area contributed by atoms with Gasteiger partial charge in [0.15, 0.2) is 0 Å². The highest BCUT2D eigenvalue weighted by molar-refractivity contribution is 7.98. The van der Waals surface area contributed by atoms with Gasteiger partial charge in [0.2, 0.25) is 0 Å². The second kappa shape index (κ2) is 9.60. The Labute approximate surface area is 102 Å². The van der Waals surface area contributed by atoms with Crippen molar-refractivity contribution in [3.05, 3.63) is 24.3 Å². The quantitative estimate of drug-likeness (QED) is 0.672. The van der Waals surface area contributed by atoms with Gasteiger partial charge in [0.25, 0.3) is 0 Å². The predicted molar refractivity (Wildman–Crippen MR) is 70.6 cm³/mol. The highest BCUT2D eigenvalue weighted by Crippen LogP contribution is 2.03. The fourth-order valence-electron chi connectivity index (χ4n) is 1.49. The van der Waals surface area contributed by atoms with Crippen molar-refractivity contribution < 1.29 is 0 Å². The minimum absolute atomic E-state index is 0.854. The number of nitrogens with zero attached hydrogens (tertiary/aromatic N) is 2. The van der Waals surface area contributed by atoms with Gasteiger partial charge in [-0.25, -0.2) is 9.97 Å². The molecule has 0 saturated carbocycles. The van der Waals surface area contributed by atoms with E-state index < -0.39 is 0 Å². The van der Waals surface area contributed by atoms with E-state index in [0.29, 0.717) is 0 Å². The molecule has 0 bridgehead atoms. The van der Waals surface area contributed by atoms with E-state index in [1.807, 2.05) is 17.8 Å². The molecule has 0 saturated heterocycles. The van der Waals surface area contributed by atoms with Gasteiger partial charge >= 0.3 is 0 Å². The van der Waals surface area contributed by atoms with E-state index in [2.05, 4.69) is 21.5 Å². The lowest BCUT2D eigenvalue weighted by molar-refractivity contribution is 0.594. The molecule has 0 aliphatic carbocycles. The molecule has 3 nitrogen and oxygen atoms in total. The lowest BCUT2D eigenvalue weighted by atomic mass is 10.2. The zero-order chi connectivity index (χ0) is 11.5. The third-order valence-electron chi connectivity index (χ3n) is 2.40. The summed E-state index contributed by atoms with van der Waals surface area (Å²) in [6.07, 6.45) is 10.9. The zero-order valence-corrected chi connectivity index (χ0v) is 10.8. The number of aromatic nitrogens is 2. The smallest absolute Gasteiger partial charge is 0.115 e. The van der Waals surface area contributed by atoms with Crippen molar-refractivity contribution in [2.45, 2.75) is 32.2 Å². The number of hydrogen-bond acceptors (Lipinski definition) is 4. The van der Waals surface area contributed by atoms with Gasteiger partial charge in [-0.15, -0.1) is 0 Å². The maximum atomic E-state index is 4.16. The summed E-state index contributed by atoms with van der Waals surface area (Å²) in [5.41, 5.74) is 1.07. The Hall–Kier alpha value is -0.610. The molecule has 0 aliphatic heterocycles. The molecule has 0 unspecified atom stereocenters. The van der Waals surface area contributed by atoms with Gasteiger partial charge < -0.3 is 5.32 Å². The van der Waals surface area contributed by atoms with E-state index in [1.54, 1.807) is 12.5 Å². The van der Waals surface area contributed by atoms with Crippen molar-refractivity contribution in [1.29, 1.82) is 0 Å². The fourth-order valence-corrected chi connectivity index (χ4v) is 1.98. The minimum atomic E-state index is 0.854. The molecular formula is C12H21N3S. The van der Waals surface area contributed by atoms with Crippen LogP contribution in [-0.2, 0) is 6.54 Å². The largest absolute Gasteiger partial charge is 0.311 e. The molecule has 1 heterocycles. The normalized spacial score (nSPS) is 10.6. The molecule has 0 spiro atoms. The van der Waals surface area contributed by atoms with E-state index in [0.717, 1.165) is 18.8 Å². The number of unbranched alkanes of at least 4 members (excludes halogenated alkanes) is 3. The van der Waals surface area contributed by atoms with Crippen LogP contribution in [0.5, 0.6) is 0 Å². The van der Waals surface area contributed by atoms with Crippen LogP contribution in [0.1, 0.15) is 31.4 Å². The lowest BCUT2D eigenvalue weighted by Gasteiger charge is -2.03. The first-order valence-corrected chi connectivity index (χ1v) is 7.27. The molecule has 0 atom stereocenters. The molecule has 16 heavy (non-hydrogen) atoms. The Bertz CT molecular complexity index is 254. The molecule has 0 amide bonds. The highest BCUT2D eigenvalue weighted by atomic mass is 32.2. The van der Waals surface area contributed by atoms with Gasteiger partial charge in [0.05, 0.1) is 5.69 Å². The van der Waals surface area contributed by atoms with Crippen LogP contribution in [0, 0.1) is 0 Å². The SMILES string of the molecule is CSCCCCCCNCc1ccncn1. The van der Waals surface area contributed by atoms with Crippen LogP contribution < -0.4 is 5.32 Å². The Morgan fingerprint density at radius 2 is 2.12 bits per heavy atom. The fraction of sp³-hybridized carbons (Fsp3) is 0.667. The highest BCUT2D eigenvalue weighted by Gasteiger charge is 1.93. The summed E-state index contributed by atoms with van der Waals surface area (Å²) < 4.78 is 0. The van der Waals surface area contributed by atoms with E-state index in [-0.39, 0.29) is 0 Å². The van der Waals surface area contributed by atoms with Crippen molar-refractivity contribution in [3.8, 4) is 0 Å². The predicted octanol–water partition coefficient (Wildman–Crippen LogP) is 2.49. The van der Waals surface area contributed by atoms with Gasteiger partial charge in [-0.05, 0) is 37.5 Å². The molecule has 90 valence electrons. The Morgan fingerprint density at radius 3 is 2.88 bits per heavy atom. The summed E-state index contributed by atoms with van der Waals surface area (Å²) >= 11 is 1.94. The monoisotopic (exact) mass is 239 g/mol. The van der Waals surface area contributed by atoms with Crippen LogP contribution in [0.4, 0.5) is 0 Å². The second-order valence-corrected chi connectivity index (χ2v) is 4.77. The van der Waals surface area contributed by atoms with E-state index in [9.17, 15) is 0 Å². The van der Waals surface area contributed by atoms with Crippen molar-refractivity contribution in [3.63, 3.8) is 0 Å². The minimum Gasteiger partial charge on any atom is -0.311 e. The topological polar surface area (TPSA) is 37.8 Å². The number of nitrogens with one attached hydrogen (secondary N) is 1. The van der Waals surface area contributed by atoms with Gasteiger partial charge in [0, 0.05) is 12.7 Å². The standard InChI is InChI=1S/C12H21N3S/c1-16-9-5-3-2-4-7-13-10-12-6-8-14-11-15-12/h6,8,11,13H,2-5,7,9-10H2,1H3. The van der Waals surface area contributed by atoms with Gasteiger partial charge in [-0.1, -0.05) is 12.8 Å². The van der Waals surface area contributed by atoms with Crippen molar-refractivity contribution in [1.82, 2.24) is 15.3 Å². The molecular weight excluding hydrogens is 218 g/mol. The molecule has 1 N–H and O–H groups in total. The van der Waals surface area contributed by atoms with Crippen molar-refractivity contribution in [2.75, 3.05) is 18.6 Å². The Morgan fingerprint density at radius 1 is 1.25 bits per heavy atom. The molecule has 0 fully saturated rings. The summed E-state index contributed by atoms with van der Waals surface area (Å²) in [4.78, 5) is 8.05. The molecule has 1 aromatic rings. The van der Waals surface area contributed by atoms with Gasteiger partial charge in [-0.2, -0.15) is 11.8 Å². The Kier molecular flexibility index (Phi) is 8.08. The summed E-state index contributed by atoms with van der Waals surface area (Å²) in [6.45, 7) is 1.94. The first-order chi connectivity index (χ1) is 7.93. The Balaban J connectivity index is 1.89. The van der Waals surface area contributed by atoms with Gasteiger partial charge in [0.1, 0.15) is 6.33 Å². The average molecular weight is 239 g/mol. The summed E-state index contributed by atoms with van der Waals surface area (Å²) in [7, 11) is 0. The van der Waals surface area contributed by atoms with Gasteiger partial charge in [-0.3, -0.25) is 0 Å². The number of hydrogen-bond donors (Lipinski definition) is 1. The average Bonchev–Trinajstić information content (AvgIpc) is 2.34. The van der Waals surface area contributed by atoms with Crippen LogP contribution in [0.2, 0.25) is 0 Å². The van der Waals surface area contributed by atoms with Crippen LogP contribution in [-0.4, -0.2) is 28.5 Å². The maximum Gasteiger partial charge on any atom is 0.115 e. The molecule has 0 radical (unpaired) electrons. The van der Waals surface area contributed by atoms with Crippen molar-refractivity contribution >= 4 is 11.8 Å². The third-order valence-corrected chi connectivity index (χ3v) is 3.10. The van der Waals surface area contributed by atoms with E-state index in [4.69, 9.17) is 0 Å². The van der Waals surface area contributed by atoms with Crippen LogP contribution in [0.25, 0.3) is 0 Å². The maximum absolute atomic E-state index is 4.16. The van der Waals surface area contributed by atoms with Crippen LogP contribution in [0.15, 0.2) is 18.6 Å². The van der Waals surface area contributed by atoms with E-state index in [1.165, 1.54) is 31.4 Å². The molecule has 0 aliphatic rings. The van der Waals surface area contributed by atoms with Crippen LogP contribution in [0.3, 0.4) is 0 Å². The zero-order valence-electron chi connectivity index (χ0n) is 9.98. The summed E-state index contributed by atoms with van der Waals surface area (Å²) in [6, 6.07) is 1.95. The third kappa shape index (κ3) is 6.80. The molecule has 1 aromatic heterocycles. The molecule has 4 heteroatoms. The first kappa shape index (κ1) is 13.5. The van der Waals surface area contributed by atoms with Crippen LogP contribution >= 0.6 is 11.8 Å². The first-order valence-electron chi connectivity index (χ1n) is 5.88.